The zero-order valence-electron chi connectivity index (χ0n) is 17.9. The van der Waals surface area contributed by atoms with Gasteiger partial charge in [-0.05, 0) is 37.4 Å². The van der Waals surface area contributed by atoms with Gasteiger partial charge in [0.1, 0.15) is 29.1 Å². The second kappa shape index (κ2) is 8.86. The summed E-state index contributed by atoms with van der Waals surface area (Å²) < 4.78 is 1.75. The molecule has 5 aromatic rings. The van der Waals surface area contributed by atoms with Crippen LogP contribution in [0, 0.1) is 0 Å². The van der Waals surface area contributed by atoms with Crippen LogP contribution in [0.3, 0.4) is 0 Å². The summed E-state index contributed by atoms with van der Waals surface area (Å²) in [6, 6.07) is 18.7. The van der Waals surface area contributed by atoms with Crippen molar-refractivity contribution in [1.29, 1.82) is 0 Å². The van der Waals surface area contributed by atoms with Gasteiger partial charge in [0.15, 0.2) is 0 Å². The molecule has 8 heteroatoms. The first kappa shape index (κ1) is 20.3. The molecule has 3 aromatic heterocycles. The van der Waals surface area contributed by atoms with Gasteiger partial charge in [-0.25, -0.2) is 19.6 Å². The van der Waals surface area contributed by atoms with Crippen LogP contribution in [0.5, 0.6) is 0 Å². The lowest BCUT2D eigenvalue weighted by molar-refractivity contribution is 0.391. The molecule has 0 unspecified atom stereocenters. The van der Waals surface area contributed by atoms with E-state index in [0.717, 1.165) is 38.7 Å². The number of fused-ring (bicyclic) bond motifs is 1. The van der Waals surface area contributed by atoms with Crippen LogP contribution in [0.1, 0.15) is 11.4 Å². The summed E-state index contributed by atoms with van der Waals surface area (Å²) in [5.41, 5.74) is 4.47. The SMILES string of the molecule is CN(C)Cc1nc(NCc2ccc(-n3cncn3)cc2)c2c(-c3ccccc3)csc2n1. The quantitative estimate of drug-likeness (QED) is 0.398. The molecule has 2 aromatic carbocycles. The average Bonchev–Trinajstić information content (AvgIpc) is 3.48. The Balaban J connectivity index is 1.47. The fourth-order valence-corrected chi connectivity index (χ4v) is 4.56. The first-order valence-electron chi connectivity index (χ1n) is 10.3. The fraction of sp³-hybridized carbons (Fsp3) is 0.167. The maximum absolute atomic E-state index is 4.89. The predicted molar refractivity (Wildman–Crippen MR) is 129 cm³/mol. The van der Waals surface area contributed by atoms with Gasteiger partial charge < -0.3 is 10.2 Å². The second-order valence-electron chi connectivity index (χ2n) is 7.78. The van der Waals surface area contributed by atoms with E-state index in [0.29, 0.717) is 13.1 Å². The summed E-state index contributed by atoms with van der Waals surface area (Å²) in [6.45, 7) is 1.35. The second-order valence-corrected chi connectivity index (χ2v) is 8.64. The fourth-order valence-electron chi connectivity index (χ4n) is 3.59. The van der Waals surface area contributed by atoms with E-state index in [9.17, 15) is 0 Å². The number of thiophene rings is 1. The van der Waals surface area contributed by atoms with E-state index in [1.54, 1.807) is 22.3 Å². The average molecular weight is 442 g/mol. The maximum Gasteiger partial charge on any atom is 0.146 e. The number of benzene rings is 2. The molecule has 7 nitrogen and oxygen atoms in total. The highest BCUT2D eigenvalue weighted by atomic mass is 32.1. The molecular formula is C24H23N7S. The number of hydrogen-bond donors (Lipinski definition) is 1. The first-order valence-corrected chi connectivity index (χ1v) is 11.2. The van der Waals surface area contributed by atoms with Crippen LogP contribution in [0.4, 0.5) is 5.82 Å². The van der Waals surface area contributed by atoms with Crippen LogP contribution >= 0.6 is 11.3 Å². The molecule has 0 radical (unpaired) electrons. The minimum atomic E-state index is 0.662. The molecule has 0 saturated heterocycles. The Morgan fingerprint density at radius 1 is 1.00 bits per heavy atom. The molecule has 160 valence electrons. The summed E-state index contributed by atoms with van der Waals surface area (Å²) in [4.78, 5) is 16.8. The van der Waals surface area contributed by atoms with Gasteiger partial charge in [-0.1, -0.05) is 42.5 Å². The van der Waals surface area contributed by atoms with E-state index in [4.69, 9.17) is 9.97 Å². The molecule has 0 saturated carbocycles. The van der Waals surface area contributed by atoms with Crippen molar-refractivity contribution < 1.29 is 0 Å². The van der Waals surface area contributed by atoms with Crippen molar-refractivity contribution in [3.05, 3.63) is 84.0 Å². The number of nitrogens with zero attached hydrogens (tertiary/aromatic N) is 6. The monoisotopic (exact) mass is 441 g/mol. The predicted octanol–water partition coefficient (Wildman–Crippen LogP) is 4.61. The lowest BCUT2D eigenvalue weighted by atomic mass is 10.1. The molecule has 0 atom stereocenters. The number of anilines is 1. The van der Waals surface area contributed by atoms with Gasteiger partial charge in [0, 0.05) is 17.5 Å². The minimum absolute atomic E-state index is 0.662. The van der Waals surface area contributed by atoms with E-state index in [-0.39, 0.29) is 0 Å². The standard InChI is InChI=1S/C24H23N7S/c1-30(2)13-21-28-23(22-20(14-32-24(22)29-21)18-6-4-3-5-7-18)26-12-17-8-10-19(11-9-17)31-16-25-15-27-31/h3-11,14-16H,12-13H2,1-2H3,(H,26,28,29). The Bertz CT molecular complexity index is 1310. The van der Waals surface area contributed by atoms with Crippen LogP contribution in [0.25, 0.3) is 27.0 Å². The molecule has 0 aliphatic carbocycles. The Morgan fingerprint density at radius 2 is 1.81 bits per heavy atom. The highest BCUT2D eigenvalue weighted by molar-refractivity contribution is 7.17. The highest BCUT2D eigenvalue weighted by Crippen LogP contribution is 2.37. The lowest BCUT2D eigenvalue weighted by Gasteiger charge is -2.13. The molecule has 0 aliphatic heterocycles. The number of hydrogen-bond acceptors (Lipinski definition) is 7. The van der Waals surface area contributed by atoms with Gasteiger partial charge >= 0.3 is 0 Å². The zero-order valence-corrected chi connectivity index (χ0v) is 18.8. The van der Waals surface area contributed by atoms with Gasteiger partial charge in [0.05, 0.1) is 17.6 Å². The normalized spacial score (nSPS) is 11.3. The smallest absolute Gasteiger partial charge is 0.146 e. The van der Waals surface area contributed by atoms with E-state index in [2.05, 4.69) is 62.1 Å². The summed E-state index contributed by atoms with van der Waals surface area (Å²) in [7, 11) is 4.06. The van der Waals surface area contributed by atoms with E-state index in [1.807, 2.05) is 32.3 Å². The Kier molecular flexibility index (Phi) is 5.62. The van der Waals surface area contributed by atoms with Crippen molar-refractivity contribution in [3.63, 3.8) is 0 Å². The third-order valence-electron chi connectivity index (χ3n) is 5.10. The van der Waals surface area contributed by atoms with Crippen molar-refractivity contribution in [2.24, 2.45) is 0 Å². The minimum Gasteiger partial charge on any atom is -0.365 e. The highest BCUT2D eigenvalue weighted by Gasteiger charge is 2.16. The Labute approximate surface area is 190 Å². The molecule has 5 rings (SSSR count). The molecular weight excluding hydrogens is 418 g/mol. The van der Waals surface area contributed by atoms with Crippen LogP contribution < -0.4 is 5.32 Å². The Hall–Kier alpha value is -3.62. The van der Waals surface area contributed by atoms with Crippen molar-refractivity contribution in [1.82, 2.24) is 29.6 Å². The van der Waals surface area contributed by atoms with Gasteiger partial charge in [0.2, 0.25) is 0 Å². The molecule has 0 aliphatic rings. The molecule has 0 fully saturated rings. The third kappa shape index (κ3) is 4.23. The number of aromatic nitrogens is 5. The summed E-state index contributed by atoms with van der Waals surface area (Å²) in [5.74, 6) is 1.68. The number of nitrogens with one attached hydrogen (secondary N) is 1. The van der Waals surface area contributed by atoms with E-state index >= 15 is 0 Å². The zero-order chi connectivity index (χ0) is 21.9. The molecule has 0 bridgehead atoms. The van der Waals surface area contributed by atoms with Crippen molar-refractivity contribution in [2.75, 3.05) is 19.4 Å². The first-order chi connectivity index (χ1) is 15.7. The lowest BCUT2D eigenvalue weighted by Crippen LogP contribution is -2.14. The third-order valence-corrected chi connectivity index (χ3v) is 5.97. The molecule has 0 amide bonds. The summed E-state index contributed by atoms with van der Waals surface area (Å²) in [5, 5.41) is 11.0. The van der Waals surface area contributed by atoms with E-state index in [1.165, 1.54) is 11.9 Å². The molecule has 32 heavy (non-hydrogen) atoms. The largest absolute Gasteiger partial charge is 0.365 e. The van der Waals surface area contributed by atoms with Crippen LogP contribution in [0.2, 0.25) is 0 Å². The van der Waals surface area contributed by atoms with Crippen LogP contribution in [-0.4, -0.2) is 43.7 Å². The van der Waals surface area contributed by atoms with Gasteiger partial charge in [-0.3, -0.25) is 0 Å². The van der Waals surface area contributed by atoms with E-state index < -0.39 is 0 Å². The number of rotatable bonds is 7. The Morgan fingerprint density at radius 3 is 2.53 bits per heavy atom. The molecule has 3 heterocycles. The topological polar surface area (TPSA) is 71.8 Å². The van der Waals surface area contributed by atoms with Gasteiger partial charge in [-0.15, -0.1) is 11.3 Å². The summed E-state index contributed by atoms with van der Waals surface area (Å²) in [6.07, 6.45) is 3.23. The molecule has 1 N–H and O–H groups in total. The van der Waals surface area contributed by atoms with Crippen molar-refractivity contribution >= 4 is 27.4 Å². The van der Waals surface area contributed by atoms with Gasteiger partial charge in [0.25, 0.3) is 0 Å². The molecule has 0 spiro atoms. The van der Waals surface area contributed by atoms with Crippen LogP contribution in [-0.2, 0) is 13.1 Å². The van der Waals surface area contributed by atoms with Crippen LogP contribution in [0.15, 0.2) is 72.6 Å². The van der Waals surface area contributed by atoms with Gasteiger partial charge in [-0.2, -0.15) is 5.10 Å². The maximum atomic E-state index is 4.89. The van der Waals surface area contributed by atoms with Crippen molar-refractivity contribution in [2.45, 2.75) is 13.1 Å². The van der Waals surface area contributed by atoms with Crippen molar-refractivity contribution in [3.8, 4) is 16.8 Å². The summed E-state index contributed by atoms with van der Waals surface area (Å²) >= 11 is 1.66.